The summed E-state index contributed by atoms with van der Waals surface area (Å²) in [6.07, 6.45) is 0.866. The van der Waals surface area contributed by atoms with Gasteiger partial charge >= 0.3 is 0 Å². The van der Waals surface area contributed by atoms with Crippen molar-refractivity contribution in [2.75, 3.05) is 17.3 Å². The van der Waals surface area contributed by atoms with Crippen molar-refractivity contribution in [1.29, 1.82) is 0 Å². The number of nitrogens with one attached hydrogen (secondary N) is 1. The van der Waals surface area contributed by atoms with Crippen LogP contribution in [0.5, 0.6) is 5.75 Å². The minimum atomic E-state index is -0.241. The Bertz CT molecular complexity index is 452. The van der Waals surface area contributed by atoms with E-state index in [2.05, 4.69) is 44.1 Å². The van der Waals surface area contributed by atoms with Gasteiger partial charge in [0.1, 0.15) is 18.3 Å². The normalized spacial score (nSPS) is 17.7. The number of carbonyl (C=O) groups excluding carboxylic acids is 1. The van der Waals surface area contributed by atoms with Crippen LogP contribution in [0.3, 0.4) is 0 Å². The number of ether oxygens (including phenoxy) is 1. The van der Waals surface area contributed by atoms with Gasteiger partial charge in [-0.3, -0.25) is 4.79 Å². The molecule has 0 saturated heterocycles. The van der Waals surface area contributed by atoms with Crippen molar-refractivity contribution >= 4 is 37.8 Å². The van der Waals surface area contributed by atoms with Gasteiger partial charge in [0.2, 0.25) is 5.91 Å². The fourth-order valence-electron chi connectivity index (χ4n) is 2.11. The summed E-state index contributed by atoms with van der Waals surface area (Å²) < 4.78 is 5.56. The molecule has 3 nitrogen and oxygen atoms in total. The van der Waals surface area contributed by atoms with Gasteiger partial charge in [-0.1, -0.05) is 57.0 Å². The lowest BCUT2D eigenvalue weighted by Crippen LogP contribution is -2.52. The Kier molecular flexibility index (Phi) is 4.90. The van der Waals surface area contributed by atoms with Crippen LogP contribution in [-0.2, 0) is 4.79 Å². The predicted octanol–water partition coefficient (Wildman–Crippen LogP) is 3.22. The highest BCUT2D eigenvalue weighted by Gasteiger charge is 2.35. The first-order chi connectivity index (χ1) is 9.15. The summed E-state index contributed by atoms with van der Waals surface area (Å²) >= 11 is 6.97. The number of halogens is 2. The third kappa shape index (κ3) is 2.97. The Morgan fingerprint density at radius 3 is 2.74 bits per heavy atom. The Balaban J connectivity index is 2.14. The third-order valence-corrected chi connectivity index (χ3v) is 5.74. The number of hydrogen-bond donors (Lipinski definition) is 1. The van der Waals surface area contributed by atoms with Gasteiger partial charge in [0.05, 0.1) is 5.54 Å². The first-order valence-electron chi connectivity index (χ1n) is 6.31. The van der Waals surface area contributed by atoms with Crippen LogP contribution in [0.1, 0.15) is 24.8 Å². The number of alkyl halides is 2. The van der Waals surface area contributed by atoms with E-state index in [1.165, 1.54) is 0 Å². The van der Waals surface area contributed by atoms with Gasteiger partial charge in [0, 0.05) is 16.2 Å². The summed E-state index contributed by atoms with van der Waals surface area (Å²) in [6, 6.07) is 7.73. The average molecular weight is 391 g/mol. The van der Waals surface area contributed by atoms with Gasteiger partial charge in [-0.2, -0.15) is 0 Å². The van der Waals surface area contributed by atoms with Crippen molar-refractivity contribution in [3.63, 3.8) is 0 Å². The average Bonchev–Trinajstić information content (AvgIpc) is 2.89. The molecule has 0 radical (unpaired) electrons. The Morgan fingerprint density at radius 2 is 2.11 bits per heavy atom. The second-order valence-corrected chi connectivity index (χ2v) is 5.91. The highest BCUT2D eigenvalue weighted by Crippen LogP contribution is 2.34. The van der Waals surface area contributed by atoms with E-state index in [-0.39, 0.29) is 17.4 Å². The van der Waals surface area contributed by atoms with E-state index < -0.39 is 0 Å². The number of rotatable bonds is 5. The maximum atomic E-state index is 12.5. The summed E-state index contributed by atoms with van der Waals surface area (Å²) in [5.74, 6) is 0.647. The molecule has 104 valence electrons. The maximum absolute atomic E-state index is 12.5. The van der Waals surface area contributed by atoms with E-state index >= 15 is 0 Å². The van der Waals surface area contributed by atoms with Gasteiger partial charge in [0.15, 0.2) is 0 Å². The Morgan fingerprint density at radius 1 is 1.42 bits per heavy atom. The summed E-state index contributed by atoms with van der Waals surface area (Å²) in [6.45, 7) is 2.50. The topological polar surface area (TPSA) is 38.3 Å². The molecule has 0 spiro atoms. The van der Waals surface area contributed by atoms with Crippen LogP contribution in [0.4, 0.5) is 0 Å². The lowest BCUT2D eigenvalue weighted by atomic mass is 9.96. The van der Waals surface area contributed by atoms with Crippen LogP contribution in [-0.4, -0.2) is 28.7 Å². The molecule has 1 atom stereocenters. The van der Waals surface area contributed by atoms with Crippen LogP contribution < -0.4 is 10.1 Å². The van der Waals surface area contributed by atoms with Crippen LogP contribution in [0.25, 0.3) is 0 Å². The number of hydrogen-bond acceptors (Lipinski definition) is 2. The molecule has 19 heavy (non-hydrogen) atoms. The fraction of sp³-hybridized carbons (Fsp3) is 0.500. The van der Waals surface area contributed by atoms with Crippen LogP contribution >= 0.6 is 31.9 Å². The van der Waals surface area contributed by atoms with Crippen molar-refractivity contribution in [2.24, 2.45) is 0 Å². The molecule has 0 saturated carbocycles. The summed E-state index contributed by atoms with van der Waals surface area (Å²) in [5.41, 5.74) is 0.739. The fourth-order valence-corrected chi connectivity index (χ4v) is 4.11. The number of benzene rings is 1. The molecule has 1 heterocycles. The van der Waals surface area contributed by atoms with Crippen molar-refractivity contribution in [3.05, 3.63) is 29.8 Å². The van der Waals surface area contributed by atoms with E-state index in [4.69, 9.17) is 4.74 Å². The van der Waals surface area contributed by atoms with Crippen molar-refractivity contribution in [1.82, 2.24) is 5.32 Å². The summed E-state index contributed by atoms with van der Waals surface area (Å²) in [4.78, 5) is 12.5. The van der Waals surface area contributed by atoms with E-state index in [1.807, 2.05) is 24.3 Å². The number of fused-ring (bicyclic) bond motifs is 1. The predicted molar refractivity (Wildman–Crippen MR) is 83.4 cm³/mol. The van der Waals surface area contributed by atoms with Crippen LogP contribution in [0, 0.1) is 0 Å². The number of carbonyl (C=O) groups is 1. The molecule has 0 aliphatic carbocycles. The largest absolute Gasteiger partial charge is 0.492 e. The summed E-state index contributed by atoms with van der Waals surface area (Å²) in [5, 5.41) is 4.60. The van der Waals surface area contributed by atoms with E-state index in [0.717, 1.165) is 28.4 Å². The van der Waals surface area contributed by atoms with Gasteiger partial charge in [0.25, 0.3) is 0 Å². The monoisotopic (exact) mass is 389 g/mol. The number of para-hydroxylation sites is 1. The highest BCUT2D eigenvalue weighted by molar-refractivity contribution is 9.09. The highest BCUT2D eigenvalue weighted by atomic mass is 79.9. The molecule has 1 aromatic carbocycles. The summed E-state index contributed by atoms with van der Waals surface area (Å²) in [7, 11) is 0. The molecule has 5 heteroatoms. The van der Waals surface area contributed by atoms with Crippen molar-refractivity contribution in [3.8, 4) is 5.75 Å². The first-order valence-corrected chi connectivity index (χ1v) is 8.56. The molecular formula is C14H17Br2NO2. The SMILES string of the molecule is CCC(CBr)(CBr)NC(=O)C1COc2ccccc21. The van der Waals surface area contributed by atoms with E-state index in [0.29, 0.717) is 6.61 Å². The van der Waals surface area contributed by atoms with Gasteiger partial charge < -0.3 is 10.1 Å². The molecular weight excluding hydrogens is 374 g/mol. The van der Waals surface area contributed by atoms with Crippen molar-refractivity contribution in [2.45, 2.75) is 24.8 Å². The second kappa shape index (κ2) is 6.27. The van der Waals surface area contributed by atoms with Gasteiger partial charge in [-0.15, -0.1) is 0 Å². The quantitative estimate of drug-likeness (QED) is 0.784. The molecule has 1 N–H and O–H groups in total. The first kappa shape index (κ1) is 14.9. The molecule has 1 aromatic rings. The third-order valence-electron chi connectivity index (χ3n) is 3.59. The minimum absolute atomic E-state index is 0.0331. The molecule has 1 aliphatic rings. The Labute approximate surface area is 130 Å². The molecule has 1 amide bonds. The van der Waals surface area contributed by atoms with Crippen molar-refractivity contribution < 1.29 is 9.53 Å². The van der Waals surface area contributed by atoms with Crippen LogP contribution in [0.15, 0.2) is 24.3 Å². The maximum Gasteiger partial charge on any atom is 0.231 e. The Hall–Kier alpha value is -0.550. The zero-order valence-corrected chi connectivity index (χ0v) is 14.0. The smallest absolute Gasteiger partial charge is 0.231 e. The molecule has 0 bridgehead atoms. The lowest BCUT2D eigenvalue weighted by Gasteiger charge is -2.31. The number of amides is 1. The van der Waals surface area contributed by atoms with Crippen LogP contribution in [0.2, 0.25) is 0 Å². The zero-order valence-electron chi connectivity index (χ0n) is 10.8. The molecule has 0 fully saturated rings. The standard InChI is InChI=1S/C14H17Br2NO2/c1-2-14(8-15,9-16)17-13(18)11-7-19-12-6-4-3-5-10(11)12/h3-6,11H,2,7-9H2,1H3,(H,17,18). The molecule has 0 aromatic heterocycles. The van der Waals surface area contributed by atoms with E-state index in [9.17, 15) is 4.79 Å². The van der Waals surface area contributed by atoms with Gasteiger partial charge in [-0.05, 0) is 12.5 Å². The van der Waals surface area contributed by atoms with E-state index in [1.54, 1.807) is 0 Å². The lowest BCUT2D eigenvalue weighted by molar-refractivity contribution is -0.124. The zero-order chi connectivity index (χ0) is 13.9. The van der Waals surface area contributed by atoms with Gasteiger partial charge in [-0.25, -0.2) is 0 Å². The second-order valence-electron chi connectivity index (χ2n) is 4.79. The molecule has 1 aliphatic heterocycles. The minimum Gasteiger partial charge on any atom is -0.492 e. The molecule has 1 unspecified atom stereocenters. The molecule has 2 rings (SSSR count).